The van der Waals surface area contributed by atoms with Crippen molar-refractivity contribution in [2.45, 2.75) is 19.8 Å². The van der Waals surface area contributed by atoms with E-state index in [2.05, 4.69) is 11.7 Å². The molecule has 0 aliphatic heterocycles. The van der Waals surface area contributed by atoms with Gasteiger partial charge in [-0.05, 0) is 19.8 Å². The number of hydrogen-bond acceptors (Lipinski definition) is 2. The van der Waals surface area contributed by atoms with Gasteiger partial charge in [0.1, 0.15) is 0 Å². The van der Waals surface area contributed by atoms with Crippen LogP contribution in [-0.2, 0) is 0 Å². The van der Waals surface area contributed by atoms with Crippen molar-refractivity contribution >= 4 is 5.71 Å². The summed E-state index contributed by atoms with van der Waals surface area (Å²) in [5, 5.41) is 11.1. The highest BCUT2D eigenvalue weighted by molar-refractivity contribution is 5.81. The fourth-order valence-electron chi connectivity index (χ4n) is 0.361. The molecule has 0 amide bonds. The Morgan fingerprint density at radius 1 is 1.88 bits per heavy atom. The third kappa shape index (κ3) is 3.40. The Morgan fingerprint density at radius 2 is 2.50 bits per heavy atom. The Balaban J connectivity index is 3.24. The molecule has 0 saturated carbocycles. The summed E-state index contributed by atoms with van der Waals surface area (Å²) in [6.07, 6.45) is 3.49. The summed E-state index contributed by atoms with van der Waals surface area (Å²) in [5.41, 5.74) is 0.755. The quantitative estimate of drug-likeness (QED) is 0.257. The van der Waals surface area contributed by atoms with Crippen LogP contribution in [0.4, 0.5) is 0 Å². The Morgan fingerprint density at radius 3 is 2.88 bits per heavy atom. The molecule has 1 N–H and O–H groups in total. The summed E-state index contributed by atoms with van der Waals surface area (Å²) in [4.78, 5) is 0. The van der Waals surface area contributed by atoms with Gasteiger partial charge in [-0.25, -0.2) is 0 Å². The van der Waals surface area contributed by atoms with Crippen molar-refractivity contribution in [3.8, 4) is 0 Å². The molecule has 0 atom stereocenters. The van der Waals surface area contributed by atoms with Crippen LogP contribution in [0.25, 0.3) is 0 Å². The van der Waals surface area contributed by atoms with E-state index < -0.39 is 0 Å². The van der Waals surface area contributed by atoms with Crippen molar-refractivity contribution < 1.29 is 5.21 Å². The molecule has 0 aliphatic carbocycles. The molecule has 0 unspecified atom stereocenters. The topological polar surface area (TPSA) is 32.6 Å². The molecule has 0 aromatic rings. The smallest absolute Gasteiger partial charge is 0.0543 e. The van der Waals surface area contributed by atoms with Crippen LogP contribution in [0.1, 0.15) is 19.8 Å². The number of allylic oxidation sites excluding steroid dienone is 1. The van der Waals surface area contributed by atoms with E-state index in [1.54, 1.807) is 13.0 Å². The molecule has 2 heteroatoms. The first kappa shape index (κ1) is 7.21. The number of hydrogen-bond donors (Lipinski definition) is 1. The van der Waals surface area contributed by atoms with Gasteiger partial charge in [-0.1, -0.05) is 11.2 Å². The van der Waals surface area contributed by atoms with E-state index in [-0.39, 0.29) is 0 Å². The minimum Gasteiger partial charge on any atom is -0.411 e. The minimum absolute atomic E-state index is 0.755. The Bertz CT molecular complexity index is 96.7. The van der Waals surface area contributed by atoms with E-state index in [4.69, 9.17) is 5.21 Å². The zero-order valence-electron chi connectivity index (χ0n) is 5.09. The van der Waals surface area contributed by atoms with Gasteiger partial charge in [0.05, 0.1) is 5.71 Å². The van der Waals surface area contributed by atoms with Crippen molar-refractivity contribution in [3.05, 3.63) is 12.7 Å². The maximum Gasteiger partial charge on any atom is 0.0543 e. The summed E-state index contributed by atoms with van der Waals surface area (Å²) < 4.78 is 0. The lowest BCUT2D eigenvalue weighted by Gasteiger charge is -1.89. The molecular formula is C6H11NO. The first-order valence-corrected chi connectivity index (χ1v) is 2.59. The molecule has 0 bridgehead atoms. The first-order valence-electron chi connectivity index (χ1n) is 2.59. The van der Waals surface area contributed by atoms with Crippen molar-refractivity contribution in [1.82, 2.24) is 0 Å². The van der Waals surface area contributed by atoms with E-state index in [9.17, 15) is 0 Å². The van der Waals surface area contributed by atoms with Crippen LogP contribution in [0.15, 0.2) is 17.8 Å². The number of oxime groups is 1. The third-order valence-electron chi connectivity index (χ3n) is 0.881. The molecule has 0 aromatic carbocycles. The van der Waals surface area contributed by atoms with E-state index >= 15 is 0 Å². The average molecular weight is 113 g/mol. The molecule has 2 nitrogen and oxygen atoms in total. The zero-order valence-corrected chi connectivity index (χ0v) is 5.09. The monoisotopic (exact) mass is 113 g/mol. The Hall–Kier alpha value is -0.790. The molecule has 0 radical (unpaired) electrons. The summed E-state index contributed by atoms with van der Waals surface area (Å²) in [7, 11) is 0. The van der Waals surface area contributed by atoms with Gasteiger partial charge >= 0.3 is 0 Å². The van der Waals surface area contributed by atoms with Gasteiger partial charge in [-0.2, -0.15) is 0 Å². The second-order valence-electron chi connectivity index (χ2n) is 1.66. The molecule has 0 heterocycles. The normalized spacial score (nSPS) is 11.4. The highest BCUT2D eigenvalue weighted by Gasteiger charge is 1.85. The second-order valence-corrected chi connectivity index (χ2v) is 1.66. The first-order chi connectivity index (χ1) is 3.81. The van der Waals surface area contributed by atoms with Crippen LogP contribution < -0.4 is 0 Å². The highest BCUT2D eigenvalue weighted by atomic mass is 16.4. The van der Waals surface area contributed by atoms with E-state index in [0.717, 1.165) is 18.6 Å². The van der Waals surface area contributed by atoms with Gasteiger partial charge in [0.25, 0.3) is 0 Å². The Kier molecular flexibility index (Phi) is 3.94. The molecule has 0 fully saturated rings. The third-order valence-corrected chi connectivity index (χ3v) is 0.881. The molecule has 46 valence electrons. The molecule has 0 aromatic heterocycles. The minimum atomic E-state index is 0.755. The Labute approximate surface area is 49.5 Å². The van der Waals surface area contributed by atoms with Gasteiger partial charge in [-0.3, -0.25) is 0 Å². The molecule has 8 heavy (non-hydrogen) atoms. The summed E-state index contributed by atoms with van der Waals surface area (Å²) in [6, 6.07) is 0. The van der Waals surface area contributed by atoms with Crippen molar-refractivity contribution in [2.75, 3.05) is 0 Å². The van der Waals surface area contributed by atoms with Gasteiger partial charge in [0.2, 0.25) is 0 Å². The standard InChI is InChI=1S/C6H11NO/c1-3-4-5-6(2)7-8/h3,8H,1,4-5H2,2H3/b7-6-. The predicted molar refractivity (Wildman–Crippen MR) is 34.3 cm³/mol. The SMILES string of the molecule is C=CCC/C(C)=N\O. The van der Waals surface area contributed by atoms with E-state index in [1.807, 2.05) is 0 Å². The fourth-order valence-corrected chi connectivity index (χ4v) is 0.361. The fraction of sp³-hybridized carbons (Fsp3) is 0.500. The molecule has 0 saturated heterocycles. The van der Waals surface area contributed by atoms with Gasteiger partial charge in [-0.15, -0.1) is 6.58 Å². The summed E-state index contributed by atoms with van der Waals surface area (Å²) in [5.74, 6) is 0. The van der Waals surface area contributed by atoms with Crippen LogP contribution in [0, 0.1) is 0 Å². The maximum atomic E-state index is 8.12. The molecular weight excluding hydrogens is 102 g/mol. The van der Waals surface area contributed by atoms with Crippen LogP contribution in [-0.4, -0.2) is 10.9 Å². The van der Waals surface area contributed by atoms with Crippen LogP contribution >= 0.6 is 0 Å². The van der Waals surface area contributed by atoms with Gasteiger partial charge in [0.15, 0.2) is 0 Å². The average Bonchev–Trinajstić information content (AvgIpc) is 1.83. The van der Waals surface area contributed by atoms with Gasteiger partial charge in [0, 0.05) is 0 Å². The lowest BCUT2D eigenvalue weighted by Crippen LogP contribution is -1.87. The van der Waals surface area contributed by atoms with Crippen LogP contribution in [0.5, 0.6) is 0 Å². The predicted octanol–water partition coefficient (Wildman–Crippen LogP) is 1.80. The molecule has 0 aliphatic rings. The van der Waals surface area contributed by atoms with Crippen molar-refractivity contribution in [1.29, 1.82) is 0 Å². The van der Waals surface area contributed by atoms with Gasteiger partial charge < -0.3 is 5.21 Å². The second kappa shape index (κ2) is 4.37. The lowest BCUT2D eigenvalue weighted by atomic mass is 10.2. The highest BCUT2D eigenvalue weighted by Crippen LogP contribution is 1.90. The summed E-state index contributed by atoms with van der Waals surface area (Å²) >= 11 is 0. The lowest BCUT2D eigenvalue weighted by molar-refractivity contribution is 0.317. The number of nitrogens with zero attached hydrogens (tertiary/aromatic N) is 1. The maximum absolute atomic E-state index is 8.12. The van der Waals surface area contributed by atoms with E-state index in [1.165, 1.54) is 0 Å². The van der Waals surface area contributed by atoms with Crippen molar-refractivity contribution in [2.24, 2.45) is 5.16 Å². The number of rotatable bonds is 3. The van der Waals surface area contributed by atoms with E-state index in [0.29, 0.717) is 0 Å². The summed E-state index contributed by atoms with van der Waals surface area (Å²) in [6.45, 7) is 5.31. The van der Waals surface area contributed by atoms with Crippen LogP contribution in [0.3, 0.4) is 0 Å². The zero-order chi connectivity index (χ0) is 6.41. The van der Waals surface area contributed by atoms with Crippen molar-refractivity contribution in [3.63, 3.8) is 0 Å². The molecule has 0 spiro atoms. The van der Waals surface area contributed by atoms with Crippen LogP contribution in [0.2, 0.25) is 0 Å². The molecule has 0 rings (SSSR count). The largest absolute Gasteiger partial charge is 0.411 e.